The van der Waals surface area contributed by atoms with Gasteiger partial charge in [-0.3, -0.25) is 4.79 Å². The molecule has 0 atom stereocenters. The second-order valence-corrected chi connectivity index (χ2v) is 6.42. The standard InChI is InChI=1S/C24H23NO2/c1-17-8-7-9-18(2)23(17)25-24(26)22(20-10-5-4-6-11-20)16-19-12-14-21(27-3)15-13-19/h4-16H,1-3H3,(H,25,26)/b22-16+. The highest BCUT2D eigenvalue weighted by molar-refractivity contribution is 6.29. The maximum atomic E-state index is 13.1. The molecule has 3 aromatic carbocycles. The van der Waals surface area contributed by atoms with E-state index in [1.54, 1.807) is 7.11 Å². The summed E-state index contributed by atoms with van der Waals surface area (Å²) in [5.41, 5.74) is 5.37. The quantitative estimate of drug-likeness (QED) is 0.484. The molecule has 1 N–H and O–H groups in total. The van der Waals surface area contributed by atoms with E-state index in [0.29, 0.717) is 5.57 Å². The second kappa shape index (κ2) is 8.37. The molecule has 0 saturated carbocycles. The van der Waals surface area contributed by atoms with Gasteiger partial charge in [0.1, 0.15) is 5.75 Å². The Morgan fingerprint density at radius 1 is 0.852 bits per heavy atom. The van der Waals surface area contributed by atoms with E-state index >= 15 is 0 Å². The van der Waals surface area contributed by atoms with Crippen LogP contribution < -0.4 is 10.1 Å². The monoisotopic (exact) mass is 357 g/mol. The molecule has 0 aliphatic rings. The number of nitrogens with one attached hydrogen (secondary N) is 1. The molecule has 0 spiro atoms. The van der Waals surface area contributed by atoms with E-state index in [2.05, 4.69) is 5.32 Å². The normalized spacial score (nSPS) is 11.1. The van der Waals surface area contributed by atoms with E-state index in [1.807, 2.05) is 92.7 Å². The summed E-state index contributed by atoms with van der Waals surface area (Å²) in [6, 6.07) is 23.3. The minimum Gasteiger partial charge on any atom is -0.497 e. The Bertz CT molecular complexity index is 937. The maximum Gasteiger partial charge on any atom is 0.256 e. The molecular weight excluding hydrogens is 334 g/mol. The first kappa shape index (κ1) is 18.5. The van der Waals surface area contributed by atoms with Crippen LogP contribution in [0.4, 0.5) is 5.69 Å². The molecular formula is C24H23NO2. The number of hydrogen-bond donors (Lipinski definition) is 1. The van der Waals surface area contributed by atoms with Crippen LogP contribution in [-0.2, 0) is 4.79 Å². The highest BCUT2D eigenvalue weighted by Gasteiger charge is 2.14. The molecule has 0 aliphatic carbocycles. The summed E-state index contributed by atoms with van der Waals surface area (Å²) in [6.07, 6.45) is 1.90. The van der Waals surface area contributed by atoms with Crippen molar-refractivity contribution in [1.29, 1.82) is 0 Å². The lowest BCUT2D eigenvalue weighted by Gasteiger charge is -2.14. The molecule has 1 amide bonds. The summed E-state index contributed by atoms with van der Waals surface area (Å²) >= 11 is 0. The van der Waals surface area contributed by atoms with Gasteiger partial charge in [-0.2, -0.15) is 0 Å². The summed E-state index contributed by atoms with van der Waals surface area (Å²) in [5, 5.41) is 3.09. The van der Waals surface area contributed by atoms with Crippen LogP contribution in [-0.4, -0.2) is 13.0 Å². The van der Waals surface area contributed by atoms with Crippen molar-refractivity contribution in [2.24, 2.45) is 0 Å². The summed E-state index contributed by atoms with van der Waals surface area (Å²) in [6.45, 7) is 4.00. The molecule has 0 unspecified atom stereocenters. The first-order chi connectivity index (χ1) is 13.1. The molecule has 136 valence electrons. The first-order valence-electron chi connectivity index (χ1n) is 8.87. The highest BCUT2D eigenvalue weighted by Crippen LogP contribution is 2.25. The molecule has 27 heavy (non-hydrogen) atoms. The maximum absolute atomic E-state index is 13.1. The number of rotatable bonds is 5. The predicted molar refractivity (Wildman–Crippen MR) is 112 cm³/mol. The van der Waals surface area contributed by atoms with Crippen molar-refractivity contribution in [3.63, 3.8) is 0 Å². The van der Waals surface area contributed by atoms with Crippen molar-refractivity contribution in [1.82, 2.24) is 0 Å². The van der Waals surface area contributed by atoms with Crippen LogP contribution in [0.25, 0.3) is 11.6 Å². The van der Waals surface area contributed by atoms with Crippen LogP contribution >= 0.6 is 0 Å². The average molecular weight is 357 g/mol. The van der Waals surface area contributed by atoms with Gasteiger partial charge in [-0.15, -0.1) is 0 Å². The number of amides is 1. The van der Waals surface area contributed by atoms with Gasteiger partial charge in [-0.1, -0.05) is 60.7 Å². The van der Waals surface area contributed by atoms with E-state index in [9.17, 15) is 4.79 Å². The van der Waals surface area contributed by atoms with Gasteiger partial charge in [0.15, 0.2) is 0 Å². The van der Waals surface area contributed by atoms with Crippen LogP contribution in [0, 0.1) is 13.8 Å². The zero-order chi connectivity index (χ0) is 19.2. The zero-order valence-electron chi connectivity index (χ0n) is 15.8. The molecule has 0 bridgehead atoms. The van der Waals surface area contributed by atoms with Gasteiger partial charge < -0.3 is 10.1 Å². The Kier molecular flexibility index (Phi) is 5.72. The van der Waals surface area contributed by atoms with Gasteiger partial charge in [-0.25, -0.2) is 0 Å². The van der Waals surface area contributed by atoms with Crippen LogP contribution in [0.1, 0.15) is 22.3 Å². The topological polar surface area (TPSA) is 38.3 Å². The van der Waals surface area contributed by atoms with E-state index < -0.39 is 0 Å². The molecule has 3 heteroatoms. The van der Waals surface area contributed by atoms with Crippen molar-refractivity contribution in [2.75, 3.05) is 12.4 Å². The van der Waals surface area contributed by atoms with E-state index in [0.717, 1.165) is 33.7 Å². The van der Waals surface area contributed by atoms with Crippen molar-refractivity contribution in [2.45, 2.75) is 13.8 Å². The number of carbonyl (C=O) groups excluding carboxylic acids is 1. The lowest BCUT2D eigenvalue weighted by molar-refractivity contribution is -0.111. The fourth-order valence-corrected chi connectivity index (χ4v) is 2.96. The van der Waals surface area contributed by atoms with Crippen LogP contribution in [0.2, 0.25) is 0 Å². The number of aryl methyl sites for hydroxylation is 2. The van der Waals surface area contributed by atoms with Gasteiger partial charge in [0, 0.05) is 11.3 Å². The molecule has 0 heterocycles. The van der Waals surface area contributed by atoms with Gasteiger partial charge in [0.05, 0.1) is 7.11 Å². The number of carbonyl (C=O) groups is 1. The van der Waals surface area contributed by atoms with Crippen molar-refractivity contribution >= 4 is 23.2 Å². The molecule has 0 saturated heterocycles. The smallest absolute Gasteiger partial charge is 0.256 e. The Labute approximate surface area is 160 Å². The third kappa shape index (κ3) is 4.45. The lowest BCUT2D eigenvalue weighted by atomic mass is 10.0. The third-order valence-electron chi connectivity index (χ3n) is 4.48. The third-order valence-corrected chi connectivity index (χ3v) is 4.48. The van der Waals surface area contributed by atoms with E-state index in [-0.39, 0.29) is 5.91 Å². The van der Waals surface area contributed by atoms with Crippen molar-refractivity contribution in [3.05, 3.63) is 95.1 Å². The minimum absolute atomic E-state index is 0.130. The summed E-state index contributed by atoms with van der Waals surface area (Å²) < 4.78 is 5.21. The second-order valence-electron chi connectivity index (χ2n) is 6.42. The summed E-state index contributed by atoms with van der Waals surface area (Å²) in [7, 11) is 1.64. The Hall–Kier alpha value is -3.33. The van der Waals surface area contributed by atoms with E-state index in [1.165, 1.54) is 0 Å². The van der Waals surface area contributed by atoms with Gasteiger partial charge in [-0.05, 0) is 54.3 Å². The van der Waals surface area contributed by atoms with Crippen LogP contribution in [0.15, 0.2) is 72.8 Å². The predicted octanol–water partition coefficient (Wildman–Crippen LogP) is 5.49. The minimum atomic E-state index is -0.130. The largest absolute Gasteiger partial charge is 0.497 e. The number of benzene rings is 3. The molecule has 3 rings (SSSR count). The molecule has 0 radical (unpaired) electrons. The van der Waals surface area contributed by atoms with Gasteiger partial charge in [0.2, 0.25) is 0 Å². The van der Waals surface area contributed by atoms with Crippen molar-refractivity contribution < 1.29 is 9.53 Å². The van der Waals surface area contributed by atoms with Gasteiger partial charge in [0.25, 0.3) is 5.91 Å². The Morgan fingerprint density at radius 3 is 2.07 bits per heavy atom. The Morgan fingerprint density at radius 2 is 1.48 bits per heavy atom. The number of hydrogen-bond acceptors (Lipinski definition) is 2. The Balaban J connectivity index is 1.99. The molecule has 3 aromatic rings. The SMILES string of the molecule is COc1ccc(/C=C(/C(=O)Nc2c(C)cccc2C)c2ccccc2)cc1. The zero-order valence-corrected chi connectivity index (χ0v) is 15.8. The van der Waals surface area contributed by atoms with Gasteiger partial charge >= 0.3 is 0 Å². The number of ether oxygens (including phenoxy) is 1. The number of methoxy groups -OCH3 is 1. The number of anilines is 1. The lowest BCUT2D eigenvalue weighted by Crippen LogP contribution is -2.15. The van der Waals surface area contributed by atoms with Crippen LogP contribution in [0.3, 0.4) is 0 Å². The molecule has 0 aliphatic heterocycles. The first-order valence-corrected chi connectivity index (χ1v) is 8.87. The molecule has 0 fully saturated rings. The van der Waals surface area contributed by atoms with E-state index in [4.69, 9.17) is 4.74 Å². The number of para-hydroxylation sites is 1. The highest BCUT2D eigenvalue weighted by atomic mass is 16.5. The fourth-order valence-electron chi connectivity index (χ4n) is 2.96. The van der Waals surface area contributed by atoms with Crippen molar-refractivity contribution in [3.8, 4) is 5.75 Å². The molecule has 3 nitrogen and oxygen atoms in total. The summed E-state index contributed by atoms with van der Waals surface area (Å²) in [5.74, 6) is 0.655. The molecule has 0 aromatic heterocycles. The average Bonchev–Trinajstić information content (AvgIpc) is 2.70. The summed E-state index contributed by atoms with van der Waals surface area (Å²) in [4.78, 5) is 13.1. The fraction of sp³-hybridized carbons (Fsp3) is 0.125. The van der Waals surface area contributed by atoms with Crippen LogP contribution in [0.5, 0.6) is 5.75 Å².